The predicted molar refractivity (Wildman–Crippen MR) is 116 cm³/mol. The lowest BCUT2D eigenvalue weighted by Gasteiger charge is -2.23. The molecule has 0 radical (unpaired) electrons. The Bertz CT molecular complexity index is 948. The molecule has 1 saturated heterocycles. The van der Waals surface area contributed by atoms with Crippen LogP contribution in [0, 0.1) is 0 Å². The third-order valence-corrected chi connectivity index (χ3v) is 5.54. The molecule has 0 saturated carbocycles. The van der Waals surface area contributed by atoms with Gasteiger partial charge in [0.1, 0.15) is 0 Å². The molecule has 0 aliphatic carbocycles. The molecule has 0 spiro atoms. The quantitative estimate of drug-likeness (QED) is 0.646. The molecule has 3 nitrogen and oxygen atoms in total. The van der Waals surface area contributed by atoms with Crippen molar-refractivity contribution in [2.75, 3.05) is 13.1 Å². The summed E-state index contributed by atoms with van der Waals surface area (Å²) in [5.74, 6) is -0.0364. The van der Waals surface area contributed by atoms with Crippen LogP contribution in [0.25, 0.3) is 22.3 Å². The van der Waals surface area contributed by atoms with Crippen LogP contribution in [0.3, 0.4) is 0 Å². The first-order valence-electron chi connectivity index (χ1n) is 9.68. The smallest absolute Gasteiger partial charge is 0.251 e. The van der Waals surface area contributed by atoms with Gasteiger partial charge in [-0.05, 0) is 60.8 Å². The van der Waals surface area contributed by atoms with E-state index >= 15 is 0 Å². The molecule has 0 aromatic heterocycles. The Balaban J connectivity index is 1.56. The van der Waals surface area contributed by atoms with E-state index in [0.717, 1.165) is 42.6 Å². The van der Waals surface area contributed by atoms with Crippen molar-refractivity contribution in [3.8, 4) is 22.3 Å². The van der Waals surface area contributed by atoms with Crippen LogP contribution in [0.4, 0.5) is 0 Å². The highest BCUT2D eigenvalue weighted by atomic mass is 35.5. The number of hydrogen-bond acceptors (Lipinski definition) is 2. The highest BCUT2D eigenvalue weighted by molar-refractivity contribution is 6.33. The average molecular weight is 391 g/mol. The first-order valence-corrected chi connectivity index (χ1v) is 10.1. The van der Waals surface area contributed by atoms with Crippen molar-refractivity contribution >= 4 is 17.5 Å². The second-order valence-electron chi connectivity index (χ2n) is 7.14. The SMILES string of the molecule is O=C(NC1CCNCC1)c1ccc(Cl)c(-c2ccc(-c3ccccc3)cc2)c1. The van der Waals surface area contributed by atoms with Gasteiger partial charge in [-0.2, -0.15) is 0 Å². The van der Waals surface area contributed by atoms with Gasteiger partial charge in [0, 0.05) is 22.2 Å². The Morgan fingerprint density at radius 1 is 0.857 bits per heavy atom. The highest BCUT2D eigenvalue weighted by Gasteiger charge is 2.17. The van der Waals surface area contributed by atoms with Crippen molar-refractivity contribution in [2.45, 2.75) is 18.9 Å². The largest absolute Gasteiger partial charge is 0.349 e. The molecule has 2 N–H and O–H groups in total. The number of amides is 1. The van der Waals surface area contributed by atoms with Gasteiger partial charge in [-0.25, -0.2) is 0 Å². The third kappa shape index (κ3) is 4.27. The summed E-state index contributed by atoms with van der Waals surface area (Å²) >= 11 is 6.44. The van der Waals surface area contributed by atoms with Gasteiger partial charge in [0.2, 0.25) is 0 Å². The van der Waals surface area contributed by atoms with Crippen molar-refractivity contribution in [3.63, 3.8) is 0 Å². The van der Waals surface area contributed by atoms with Crippen molar-refractivity contribution in [3.05, 3.63) is 83.4 Å². The van der Waals surface area contributed by atoms with Crippen LogP contribution in [0.2, 0.25) is 5.02 Å². The minimum absolute atomic E-state index is 0.0364. The molecular formula is C24H23ClN2O. The van der Waals surface area contributed by atoms with Gasteiger partial charge >= 0.3 is 0 Å². The van der Waals surface area contributed by atoms with E-state index in [1.54, 1.807) is 12.1 Å². The average Bonchev–Trinajstić information content (AvgIpc) is 2.75. The number of hydrogen-bond donors (Lipinski definition) is 2. The Morgan fingerprint density at radius 2 is 1.50 bits per heavy atom. The van der Waals surface area contributed by atoms with Crippen molar-refractivity contribution in [1.82, 2.24) is 10.6 Å². The summed E-state index contributed by atoms with van der Waals surface area (Å²) in [5.41, 5.74) is 4.85. The maximum atomic E-state index is 12.7. The van der Waals surface area contributed by atoms with Crippen molar-refractivity contribution in [1.29, 1.82) is 0 Å². The van der Waals surface area contributed by atoms with Crippen molar-refractivity contribution < 1.29 is 4.79 Å². The molecule has 28 heavy (non-hydrogen) atoms. The van der Waals surface area contributed by atoms with E-state index in [9.17, 15) is 4.79 Å². The van der Waals surface area contributed by atoms with Crippen LogP contribution >= 0.6 is 11.6 Å². The highest BCUT2D eigenvalue weighted by Crippen LogP contribution is 2.31. The number of nitrogens with one attached hydrogen (secondary N) is 2. The maximum absolute atomic E-state index is 12.7. The molecule has 4 rings (SSSR count). The zero-order valence-electron chi connectivity index (χ0n) is 15.6. The lowest BCUT2D eigenvalue weighted by Crippen LogP contribution is -2.42. The van der Waals surface area contributed by atoms with E-state index in [2.05, 4.69) is 47.0 Å². The Labute approximate surface area is 170 Å². The number of piperidine rings is 1. The van der Waals surface area contributed by atoms with E-state index in [-0.39, 0.29) is 11.9 Å². The molecule has 0 bridgehead atoms. The maximum Gasteiger partial charge on any atom is 0.251 e. The minimum Gasteiger partial charge on any atom is -0.349 e. The Kier molecular flexibility index (Phi) is 5.75. The number of halogens is 1. The molecule has 3 aromatic carbocycles. The van der Waals surface area contributed by atoms with Gasteiger partial charge in [0.05, 0.1) is 0 Å². The standard InChI is InChI=1S/C24H23ClN2O/c25-23-11-10-20(24(28)27-21-12-14-26-15-13-21)16-22(23)19-8-6-18(7-9-19)17-4-2-1-3-5-17/h1-11,16,21,26H,12-15H2,(H,27,28). The van der Waals surface area contributed by atoms with E-state index in [0.29, 0.717) is 10.6 Å². The van der Waals surface area contributed by atoms with E-state index in [1.165, 1.54) is 5.56 Å². The fraction of sp³-hybridized carbons (Fsp3) is 0.208. The number of carbonyl (C=O) groups excluding carboxylic acids is 1. The molecule has 0 unspecified atom stereocenters. The normalized spacial score (nSPS) is 14.6. The van der Waals surface area contributed by atoms with Gasteiger partial charge in [-0.1, -0.05) is 66.2 Å². The first-order chi connectivity index (χ1) is 13.7. The lowest BCUT2D eigenvalue weighted by molar-refractivity contribution is 0.0929. The lowest BCUT2D eigenvalue weighted by atomic mass is 9.98. The van der Waals surface area contributed by atoms with E-state index < -0.39 is 0 Å². The van der Waals surface area contributed by atoms with Gasteiger partial charge < -0.3 is 10.6 Å². The number of benzene rings is 3. The van der Waals surface area contributed by atoms with Gasteiger partial charge in [0.15, 0.2) is 0 Å². The molecule has 1 amide bonds. The van der Waals surface area contributed by atoms with Crippen LogP contribution in [0.1, 0.15) is 23.2 Å². The zero-order valence-corrected chi connectivity index (χ0v) is 16.4. The summed E-state index contributed by atoms with van der Waals surface area (Å²) in [4.78, 5) is 12.7. The predicted octanol–water partition coefficient (Wildman–Crippen LogP) is 5.16. The summed E-state index contributed by atoms with van der Waals surface area (Å²) in [7, 11) is 0. The fourth-order valence-corrected chi connectivity index (χ4v) is 3.82. The second-order valence-corrected chi connectivity index (χ2v) is 7.54. The molecule has 1 heterocycles. The summed E-state index contributed by atoms with van der Waals surface area (Å²) in [5, 5.41) is 7.10. The van der Waals surface area contributed by atoms with Crippen LogP contribution < -0.4 is 10.6 Å². The molecular weight excluding hydrogens is 368 g/mol. The summed E-state index contributed by atoms with van der Waals surface area (Å²) < 4.78 is 0. The van der Waals surface area contributed by atoms with Gasteiger partial charge in [-0.3, -0.25) is 4.79 Å². The molecule has 1 fully saturated rings. The fourth-order valence-electron chi connectivity index (χ4n) is 3.60. The second kappa shape index (κ2) is 8.59. The van der Waals surface area contributed by atoms with E-state index in [1.807, 2.05) is 24.3 Å². The molecule has 1 aliphatic heterocycles. The molecule has 1 aliphatic rings. The van der Waals surface area contributed by atoms with Crippen LogP contribution in [-0.2, 0) is 0 Å². The topological polar surface area (TPSA) is 41.1 Å². The number of rotatable bonds is 4. The van der Waals surface area contributed by atoms with Gasteiger partial charge in [0.25, 0.3) is 5.91 Å². The Morgan fingerprint density at radius 3 is 2.21 bits per heavy atom. The number of carbonyl (C=O) groups is 1. The van der Waals surface area contributed by atoms with Gasteiger partial charge in [-0.15, -0.1) is 0 Å². The minimum atomic E-state index is -0.0364. The van der Waals surface area contributed by atoms with E-state index in [4.69, 9.17) is 11.6 Å². The first kappa shape index (κ1) is 18.7. The Hall–Kier alpha value is -2.62. The molecule has 142 valence electrons. The molecule has 3 aromatic rings. The van der Waals surface area contributed by atoms with Crippen LogP contribution in [-0.4, -0.2) is 25.0 Å². The monoisotopic (exact) mass is 390 g/mol. The summed E-state index contributed by atoms with van der Waals surface area (Å²) in [6, 6.07) is 24.3. The zero-order chi connectivity index (χ0) is 19.3. The van der Waals surface area contributed by atoms with Crippen LogP contribution in [0.15, 0.2) is 72.8 Å². The van der Waals surface area contributed by atoms with Crippen molar-refractivity contribution in [2.24, 2.45) is 0 Å². The third-order valence-electron chi connectivity index (χ3n) is 5.21. The summed E-state index contributed by atoms with van der Waals surface area (Å²) in [6.07, 6.45) is 1.93. The van der Waals surface area contributed by atoms with Crippen LogP contribution in [0.5, 0.6) is 0 Å². The molecule has 4 heteroatoms. The molecule has 0 atom stereocenters. The summed E-state index contributed by atoms with van der Waals surface area (Å²) in [6.45, 7) is 1.90.